The number of hydrogen-bond donors (Lipinski definition) is 1. The van der Waals surface area contributed by atoms with Crippen LogP contribution in [0.15, 0.2) is 30.3 Å². The summed E-state index contributed by atoms with van der Waals surface area (Å²) >= 11 is 0. The highest BCUT2D eigenvalue weighted by Crippen LogP contribution is 2.29. The standard InChI is InChI=1S/C16H22N2O2/c1-5-13-14(19)17-16(3,4)15(20)18(13)11(2)12-9-7-6-8-10-12/h6-11,13H,5H2,1-4H3,(H,17,19). The van der Waals surface area contributed by atoms with Gasteiger partial charge in [0.25, 0.3) is 0 Å². The van der Waals surface area contributed by atoms with Crippen molar-refractivity contribution in [1.29, 1.82) is 0 Å². The Kier molecular flexibility index (Phi) is 3.84. The third-order valence-corrected chi connectivity index (χ3v) is 3.93. The number of benzene rings is 1. The maximum Gasteiger partial charge on any atom is 0.248 e. The van der Waals surface area contributed by atoms with Crippen molar-refractivity contribution in [2.24, 2.45) is 0 Å². The van der Waals surface area contributed by atoms with Gasteiger partial charge in [0, 0.05) is 0 Å². The molecule has 4 heteroatoms. The van der Waals surface area contributed by atoms with Gasteiger partial charge in [0.1, 0.15) is 11.6 Å². The largest absolute Gasteiger partial charge is 0.340 e. The van der Waals surface area contributed by atoms with Crippen molar-refractivity contribution in [3.05, 3.63) is 35.9 Å². The van der Waals surface area contributed by atoms with Gasteiger partial charge in [0.15, 0.2) is 0 Å². The molecule has 1 aromatic carbocycles. The molecule has 108 valence electrons. The lowest BCUT2D eigenvalue weighted by atomic mass is 9.92. The molecule has 0 saturated carbocycles. The first-order valence-corrected chi connectivity index (χ1v) is 7.08. The second kappa shape index (κ2) is 5.27. The van der Waals surface area contributed by atoms with Crippen LogP contribution in [0.5, 0.6) is 0 Å². The molecule has 1 heterocycles. The van der Waals surface area contributed by atoms with Crippen LogP contribution in [0.25, 0.3) is 0 Å². The van der Waals surface area contributed by atoms with Gasteiger partial charge in [-0.1, -0.05) is 37.3 Å². The molecule has 0 spiro atoms. The van der Waals surface area contributed by atoms with E-state index in [0.29, 0.717) is 6.42 Å². The highest BCUT2D eigenvalue weighted by atomic mass is 16.2. The van der Waals surface area contributed by atoms with Crippen LogP contribution < -0.4 is 5.32 Å². The minimum atomic E-state index is -0.841. The Hall–Kier alpha value is -1.84. The van der Waals surface area contributed by atoms with E-state index >= 15 is 0 Å². The van der Waals surface area contributed by atoms with Crippen molar-refractivity contribution >= 4 is 11.8 Å². The second-order valence-electron chi connectivity index (χ2n) is 5.84. The number of carbonyl (C=O) groups excluding carboxylic acids is 2. The molecule has 2 unspecified atom stereocenters. The lowest BCUT2D eigenvalue weighted by molar-refractivity contribution is -0.156. The molecule has 1 N–H and O–H groups in total. The summed E-state index contributed by atoms with van der Waals surface area (Å²) in [7, 11) is 0. The molecule has 1 aromatic rings. The van der Waals surface area contributed by atoms with Crippen LogP contribution in [0.3, 0.4) is 0 Å². The highest BCUT2D eigenvalue weighted by molar-refractivity contribution is 5.99. The molecular formula is C16H22N2O2. The Labute approximate surface area is 120 Å². The van der Waals surface area contributed by atoms with E-state index in [2.05, 4.69) is 5.32 Å². The average molecular weight is 274 g/mol. The molecule has 0 aromatic heterocycles. The van der Waals surface area contributed by atoms with Gasteiger partial charge in [-0.2, -0.15) is 0 Å². The molecule has 2 rings (SSSR count). The fourth-order valence-electron chi connectivity index (χ4n) is 2.76. The highest BCUT2D eigenvalue weighted by Gasteiger charge is 2.46. The van der Waals surface area contributed by atoms with Crippen LogP contribution in [-0.4, -0.2) is 28.3 Å². The SMILES string of the molecule is CCC1C(=O)NC(C)(C)C(=O)N1C(C)c1ccccc1. The van der Waals surface area contributed by atoms with Crippen LogP contribution in [-0.2, 0) is 9.59 Å². The van der Waals surface area contributed by atoms with Crippen molar-refractivity contribution in [2.45, 2.75) is 51.7 Å². The van der Waals surface area contributed by atoms with Crippen molar-refractivity contribution < 1.29 is 9.59 Å². The van der Waals surface area contributed by atoms with Crippen molar-refractivity contribution in [1.82, 2.24) is 10.2 Å². The predicted molar refractivity (Wildman–Crippen MR) is 78.0 cm³/mol. The van der Waals surface area contributed by atoms with Crippen LogP contribution >= 0.6 is 0 Å². The zero-order valence-corrected chi connectivity index (χ0v) is 12.5. The van der Waals surface area contributed by atoms with Gasteiger partial charge in [-0.15, -0.1) is 0 Å². The van der Waals surface area contributed by atoms with Gasteiger partial charge in [0.2, 0.25) is 11.8 Å². The summed E-state index contributed by atoms with van der Waals surface area (Å²) in [4.78, 5) is 26.6. The molecule has 4 nitrogen and oxygen atoms in total. The van der Waals surface area contributed by atoms with Gasteiger partial charge in [0.05, 0.1) is 6.04 Å². The summed E-state index contributed by atoms with van der Waals surface area (Å²) < 4.78 is 0. The first kappa shape index (κ1) is 14.6. The Balaban J connectivity index is 2.39. The van der Waals surface area contributed by atoms with E-state index < -0.39 is 11.6 Å². The zero-order chi connectivity index (χ0) is 14.9. The number of piperazine rings is 1. The lowest BCUT2D eigenvalue weighted by Crippen LogP contribution is -2.68. The molecule has 1 aliphatic heterocycles. The maximum atomic E-state index is 12.7. The van der Waals surface area contributed by atoms with Crippen LogP contribution in [0, 0.1) is 0 Å². The van der Waals surface area contributed by atoms with Crippen molar-refractivity contribution in [2.75, 3.05) is 0 Å². The molecule has 2 amide bonds. The van der Waals surface area contributed by atoms with Crippen LogP contribution in [0.4, 0.5) is 0 Å². The van der Waals surface area contributed by atoms with E-state index in [0.717, 1.165) is 5.56 Å². The first-order chi connectivity index (χ1) is 9.38. The third kappa shape index (κ3) is 2.42. The van der Waals surface area contributed by atoms with Gasteiger partial charge in [-0.25, -0.2) is 0 Å². The van der Waals surface area contributed by atoms with E-state index in [1.807, 2.05) is 44.2 Å². The summed E-state index contributed by atoms with van der Waals surface area (Å²) in [5, 5.41) is 2.81. The predicted octanol–water partition coefficient (Wildman–Crippen LogP) is 2.26. The van der Waals surface area contributed by atoms with Crippen molar-refractivity contribution in [3.8, 4) is 0 Å². The summed E-state index contributed by atoms with van der Waals surface area (Å²) in [5.41, 5.74) is 0.205. The summed E-state index contributed by atoms with van der Waals surface area (Å²) in [5.74, 6) is -0.0971. The smallest absolute Gasteiger partial charge is 0.248 e. The van der Waals surface area contributed by atoms with Gasteiger partial charge < -0.3 is 10.2 Å². The zero-order valence-electron chi connectivity index (χ0n) is 12.5. The van der Waals surface area contributed by atoms with Gasteiger partial charge >= 0.3 is 0 Å². The monoisotopic (exact) mass is 274 g/mol. The molecule has 1 saturated heterocycles. The second-order valence-corrected chi connectivity index (χ2v) is 5.84. The van der Waals surface area contributed by atoms with Crippen LogP contribution in [0.2, 0.25) is 0 Å². The fourth-order valence-corrected chi connectivity index (χ4v) is 2.76. The molecule has 1 fully saturated rings. The minimum Gasteiger partial charge on any atom is -0.340 e. The van der Waals surface area contributed by atoms with Crippen LogP contribution in [0.1, 0.15) is 45.7 Å². The maximum absolute atomic E-state index is 12.7. The lowest BCUT2D eigenvalue weighted by Gasteiger charge is -2.45. The Morgan fingerprint density at radius 3 is 2.40 bits per heavy atom. The Morgan fingerprint density at radius 2 is 1.85 bits per heavy atom. The summed E-state index contributed by atoms with van der Waals surface area (Å²) in [6, 6.07) is 9.32. The Bertz CT molecular complexity index is 510. The van der Waals surface area contributed by atoms with Crippen molar-refractivity contribution in [3.63, 3.8) is 0 Å². The number of hydrogen-bond acceptors (Lipinski definition) is 2. The fraction of sp³-hybridized carbons (Fsp3) is 0.500. The van der Waals surface area contributed by atoms with Gasteiger partial charge in [-0.3, -0.25) is 9.59 Å². The third-order valence-electron chi connectivity index (χ3n) is 3.93. The topological polar surface area (TPSA) is 49.4 Å². The van der Waals surface area contributed by atoms with E-state index in [-0.39, 0.29) is 17.9 Å². The van der Waals surface area contributed by atoms with E-state index in [4.69, 9.17) is 0 Å². The number of rotatable bonds is 3. The summed E-state index contributed by atoms with van der Waals surface area (Å²) in [6.07, 6.45) is 0.616. The molecule has 0 radical (unpaired) electrons. The normalized spacial score (nSPS) is 23.4. The molecule has 0 aliphatic carbocycles. The molecule has 1 aliphatic rings. The average Bonchev–Trinajstić information content (AvgIpc) is 2.42. The molecule has 2 atom stereocenters. The van der Waals surface area contributed by atoms with Gasteiger partial charge in [-0.05, 0) is 32.8 Å². The Morgan fingerprint density at radius 1 is 1.25 bits per heavy atom. The van der Waals surface area contributed by atoms with E-state index in [1.165, 1.54) is 0 Å². The molecule has 20 heavy (non-hydrogen) atoms. The van der Waals surface area contributed by atoms with E-state index in [9.17, 15) is 9.59 Å². The minimum absolute atomic E-state index is 0.0275. The molecule has 0 bridgehead atoms. The summed E-state index contributed by atoms with van der Waals surface area (Å²) in [6.45, 7) is 7.42. The molecular weight excluding hydrogens is 252 g/mol. The first-order valence-electron chi connectivity index (χ1n) is 7.08. The number of carbonyl (C=O) groups is 2. The van der Waals surface area contributed by atoms with E-state index in [1.54, 1.807) is 18.7 Å². The number of nitrogens with zero attached hydrogens (tertiary/aromatic N) is 1. The quantitative estimate of drug-likeness (QED) is 0.919. The number of amides is 2. The number of nitrogens with one attached hydrogen (secondary N) is 1.